The van der Waals surface area contributed by atoms with E-state index in [1.54, 1.807) is 0 Å². The van der Waals surface area contributed by atoms with Crippen molar-refractivity contribution in [3.05, 3.63) is 29.3 Å². The molecule has 1 nitrogen and oxygen atoms in total. The summed E-state index contributed by atoms with van der Waals surface area (Å²) < 4.78 is 5.66. The highest BCUT2D eigenvalue weighted by Crippen LogP contribution is 2.19. The van der Waals surface area contributed by atoms with Crippen LogP contribution < -0.4 is 4.74 Å². The van der Waals surface area contributed by atoms with Crippen LogP contribution in [-0.4, -0.2) is 12.5 Å². The van der Waals surface area contributed by atoms with Gasteiger partial charge in [-0.1, -0.05) is 25.2 Å². The molecular formula is C14H17ClO. The van der Waals surface area contributed by atoms with Gasteiger partial charge in [-0.2, -0.15) is 0 Å². The van der Waals surface area contributed by atoms with Gasteiger partial charge in [-0.25, -0.2) is 0 Å². The van der Waals surface area contributed by atoms with Gasteiger partial charge in [-0.05, 0) is 37.1 Å². The smallest absolute Gasteiger partial charge is 0.122 e. The Morgan fingerprint density at radius 2 is 2.19 bits per heavy atom. The molecule has 0 spiro atoms. The van der Waals surface area contributed by atoms with E-state index in [0.29, 0.717) is 5.88 Å². The molecule has 2 heteroatoms. The first kappa shape index (κ1) is 12.9. The fourth-order valence-electron chi connectivity index (χ4n) is 1.35. The highest BCUT2D eigenvalue weighted by atomic mass is 35.5. The van der Waals surface area contributed by atoms with Crippen LogP contribution in [0, 0.1) is 18.8 Å². The zero-order valence-electron chi connectivity index (χ0n) is 9.85. The van der Waals surface area contributed by atoms with Crippen molar-refractivity contribution in [2.45, 2.75) is 26.7 Å². The summed E-state index contributed by atoms with van der Waals surface area (Å²) in [7, 11) is 0. The molecule has 0 aliphatic carbocycles. The summed E-state index contributed by atoms with van der Waals surface area (Å²) in [5, 5.41) is 0. The molecule has 0 saturated carbocycles. The van der Waals surface area contributed by atoms with E-state index >= 15 is 0 Å². The Kier molecular flexibility index (Phi) is 5.82. The van der Waals surface area contributed by atoms with Crippen LogP contribution in [0.15, 0.2) is 18.2 Å². The molecule has 0 radical (unpaired) electrons. The van der Waals surface area contributed by atoms with Gasteiger partial charge in [0.2, 0.25) is 0 Å². The normalized spacial score (nSPS) is 9.44. The average Bonchev–Trinajstić information content (AvgIpc) is 2.29. The Labute approximate surface area is 103 Å². The first-order valence-corrected chi connectivity index (χ1v) is 6.09. The summed E-state index contributed by atoms with van der Waals surface area (Å²) in [6.45, 7) is 4.97. The number of rotatable bonds is 4. The maximum atomic E-state index is 5.66. The lowest BCUT2D eigenvalue weighted by Gasteiger charge is -2.08. The lowest BCUT2D eigenvalue weighted by Crippen LogP contribution is -1.98. The van der Waals surface area contributed by atoms with Crippen LogP contribution in [-0.2, 0) is 0 Å². The van der Waals surface area contributed by atoms with Crippen LogP contribution in [0.25, 0.3) is 0 Å². The minimum atomic E-state index is 0.369. The van der Waals surface area contributed by atoms with Crippen LogP contribution in [0.5, 0.6) is 5.75 Å². The Hall–Kier alpha value is -1.13. The summed E-state index contributed by atoms with van der Waals surface area (Å²) >= 11 is 5.51. The maximum Gasteiger partial charge on any atom is 0.122 e. The molecule has 16 heavy (non-hydrogen) atoms. The van der Waals surface area contributed by atoms with Gasteiger partial charge >= 0.3 is 0 Å². The first-order chi connectivity index (χ1) is 7.77. The highest BCUT2D eigenvalue weighted by Gasteiger charge is 1.99. The second-order valence-electron chi connectivity index (χ2n) is 3.62. The SMILES string of the molecule is CCCCOc1ccc(C#CCCl)cc1C. The summed E-state index contributed by atoms with van der Waals surface area (Å²) in [4.78, 5) is 0. The van der Waals surface area contributed by atoms with Gasteiger partial charge in [0, 0.05) is 5.56 Å². The third-order valence-electron chi connectivity index (χ3n) is 2.23. The molecule has 1 aromatic rings. The average molecular weight is 237 g/mol. The second-order valence-corrected chi connectivity index (χ2v) is 3.88. The molecule has 0 fully saturated rings. The summed E-state index contributed by atoms with van der Waals surface area (Å²) in [6, 6.07) is 5.97. The number of halogens is 1. The van der Waals surface area contributed by atoms with Crippen LogP contribution in [0.1, 0.15) is 30.9 Å². The molecule has 86 valence electrons. The Balaban J connectivity index is 2.67. The maximum absolute atomic E-state index is 5.66. The Bertz CT molecular complexity index is 387. The van der Waals surface area contributed by atoms with Gasteiger partial charge in [0.05, 0.1) is 12.5 Å². The monoisotopic (exact) mass is 236 g/mol. The number of aryl methyl sites for hydroxylation is 1. The lowest BCUT2D eigenvalue weighted by atomic mass is 10.1. The lowest BCUT2D eigenvalue weighted by molar-refractivity contribution is 0.307. The van der Waals surface area contributed by atoms with Crippen LogP contribution in [0.2, 0.25) is 0 Å². The predicted molar refractivity (Wildman–Crippen MR) is 69.2 cm³/mol. The van der Waals surface area contributed by atoms with Gasteiger partial charge < -0.3 is 4.74 Å². The summed E-state index contributed by atoms with van der Waals surface area (Å²) in [6.07, 6.45) is 2.24. The van der Waals surface area contributed by atoms with E-state index < -0.39 is 0 Å². The van der Waals surface area contributed by atoms with E-state index in [1.165, 1.54) is 0 Å². The quantitative estimate of drug-likeness (QED) is 0.439. The zero-order chi connectivity index (χ0) is 11.8. The van der Waals surface area contributed by atoms with Crippen molar-refractivity contribution >= 4 is 11.6 Å². The van der Waals surface area contributed by atoms with Crippen LogP contribution >= 0.6 is 11.6 Å². The molecule has 0 amide bonds. The molecule has 0 unspecified atom stereocenters. The van der Waals surface area contributed by atoms with Crippen molar-refractivity contribution in [2.24, 2.45) is 0 Å². The minimum Gasteiger partial charge on any atom is -0.493 e. The Morgan fingerprint density at radius 3 is 2.81 bits per heavy atom. The van der Waals surface area contributed by atoms with Crippen molar-refractivity contribution in [3.8, 4) is 17.6 Å². The molecule has 0 N–H and O–H groups in total. The van der Waals surface area contributed by atoms with Crippen LogP contribution in [0.3, 0.4) is 0 Å². The predicted octanol–water partition coefficient (Wildman–Crippen LogP) is 3.76. The van der Waals surface area contributed by atoms with Gasteiger partial charge in [0.1, 0.15) is 5.75 Å². The van der Waals surface area contributed by atoms with E-state index in [4.69, 9.17) is 16.3 Å². The number of alkyl halides is 1. The fourth-order valence-corrected chi connectivity index (χ4v) is 1.42. The molecule has 0 aromatic heterocycles. The van der Waals surface area contributed by atoms with E-state index in [2.05, 4.69) is 18.8 Å². The van der Waals surface area contributed by atoms with E-state index in [1.807, 2.05) is 25.1 Å². The number of hydrogen-bond acceptors (Lipinski definition) is 1. The Morgan fingerprint density at radius 1 is 1.38 bits per heavy atom. The van der Waals surface area contributed by atoms with Crippen molar-refractivity contribution in [1.82, 2.24) is 0 Å². The molecular weight excluding hydrogens is 220 g/mol. The van der Waals surface area contributed by atoms with Gasteiger partial charge in [-0.3, -0.25) is 0 Å². The van der Waals surface area contributed by atoms with Gasteiger partial charge in [-0.15, -0.1) is 11.6 Å². The number of ether oxygens (including phenoxy) is 1. The van der Waals surface area contributed by atoms with E-state index in [0.717, 1.165) is 36.3 Å². The molecule has 0 saturated heterocycles. The standard InChI is InChI=1S/C14H17ClO/c1-3-4-10-16-14-8-7-13(6-5-9-15)11-12(14)2/h7-8,11H,3-4,9-10H2,1-2H3. The van der Waals surface area contributed by atoms with Crippen molar-refractivity contribution in [2.75, 3.05) is 12.5 Å². The third kappa shape index (κ3) is 4.16. The van der Waals surface area contributed by atoms with Gasteiger partial charge in [0.15, 0.2) is 0 Å². The molecule has 1 aromatic carbocycles. The number of benzene rings is 1. The zero-order valence-corrected chi connectivity index (χ0v) is 10.6. The molecule has 0 aliphatic rings. The largest absolute Gasteiger partial charge is 0.493 e. The molecule has 0 aliphatic heterocycles. The van der Waals surface area contributed by atoms with Gasteiger partial charge in [0.25, 0.3) is 0 Å². The van der Waals surface area contributed by atoms with Crippen molar-refractivity contribution < 1.29 is 4.74 Å². The molecule has 1 rings (SSSR count). The summed E-state index contributed by atoms with van der Waals surface area (Å²) in [5.41, 5.74) is 2.11. The van der Waals surface area contributed by atoms with E-state index in [-0.39, 0.29) is 0 Å². The minimum absolute atomic E-state index is 0.369. The number of hydrogen-bond donors (Lipinski definition) is 0. The fraction of sp³-hybridized carbons (Fsp3) is 0.429. The molecule has 0 heterocycles. The second kappa shape index (κ2) is 7.19. The first-order valence-electron chi connectivity index (χ1n) is 5.56. The molecule has 0 bridgehead atoms. The topological polar surface area (TPSA) is 9.23 Å². The van der Waals surface area contributed by atoms with E-state index in [9.17, 15) is 0 Å². The summed E-state index contributed by atoms with van der Waals surface area (Å²) in [5.74, 6) is 7.15. The molecule has 0 atom stereocenters. The highest BCUT2D eigenvalue weighted by molar-refractivity contribution is 6.19. The van der Waals surface area contributed by atoms with Crippen molar-refractivity contribution in [3.63, 3.8) is 0 Å². The number of unbranched alkanes of at least 4 members (excludes halogenated alkanes) is 1. The van der Waals surface area contributed by atoms with Crippen molar-refractivity contribution in [1.29, 1.82) is 0 Å². The third-order valence-corrected chi connectivity index (χ3v) is 2.36. The van der Waals surface area contributed by atoms with Crippen LogP contribution in [0.4, 0.5) is 0 Å².